The Kier molecular flexibility index (Phi) is 2.53. The molecule has 0 spiro atoms. The molecular formula is C13H8O4S. The van der Waals surface area contributed by atoms with Crippen LogP contribution < -0.4 is 0 Å². The Labute approximate surface area is 106 Å². The molecule has 0 aliphatic rings. The number of carboxylic acids is 1. The molecule has 0 fully saturated rings. The number of furan rings is 2. The van der Waals surface area contributed by atoms with Gasteiger partial charge in [-0.1, -0.05) is 0 Å². The number of aromatic carboxylic acids is 1. The van der Waals surface area contributed by atoms with Gasteiger partial charge in [0.1, 0.15) is 16.4 Å². The summed E-state index contributed by atoms with van der Waals surface area (Å²) >= 11 is 1.17. The highest BCUT2D eigenvalue weighted by molar-refractivity contribution is 7.17. The van der Waals surface area contributed by atoms with E-state index in [1.165, 1.54) is 11.3 Å². The van der Waals surface area contributed by atoms with E-state index in [0.717, 1.165) is 10.4 Å². The van der Waals surface area contributed by atoms with E-state index in [1.807, 2.05) is 0 Å². The fraction of sp³-hybridized carbons (Fsp3) is 0. The van der Waals surface area contributed by atoms with Crippen molar-refractivity contribution in [2.45, 2.75) is 0 Å². The summed E-state index contributed by atoms with van der Waals surface area (Å²) in [5.74, 6) is 0.315. The number of carboxylic acid groups (broad SMARTS) is 1. The Morgan fingerprint density at radius 2 is 1.78 bits per heavy atom. The van der Waals surface area contributed by atoms with Crippen LogP contribution in [-0.2, 0) is 0 Å². The normalized spacial score (nSPS) is 10.7. The van der Waals surface area contributed by atoms with E-state index < -0.39 is 5.97 Å². The summed E-state index contributed by atoms with van der Waals surface area (Å²) in [6.45, 7) is 0. The van der Waals surface area contributed by atoms with E-state index in [0.29, 0.717) is 11.5 Å². The largest absolute Gasteiger partial charge is 0.477 e. The van der Waals surface area contributed by atoms with Crippen LogP contribution in [0.25, 0.3) is 22.0 Å². The zero-order valence-corrected chi connectivity index (χ0v) is 9.94. The van der Waals surface area contributed by atoms with Crippen molar-refractivity contribution in [2.24, 2.45) is 0 Å². The van der Waals surface area contributed by atoms with Gasteiger partial charge in [0.15, 0.2) is 0 Å². The lowest BCUT2D eigenvalue weighted by atomic mass is 10.1. The molecule has 0 aliphatic heterocycles. The first kappa shape index (κ1) is 10.9. The van der Waals surface area contributed by atoms with E-state index in [2.05, 4.69) is 0 Å². The highest BCUT2D eigenvalue weighted by Gasteiger charge is 2.19. The molecule has 4 nitrogen and oxygen atoms in total. The fourth-order valence-electron chi connectivity index (χ4n) is 1.70. The van der Waals surface area contributed by atoms with Crippen LogP contribution in [0.5, 0.6) is 0 Å². The molecule has 90 valence electrons. The van der Waals surface area contributed by atoms with Gasteiger partial charge in [-0.3, -0.25) is 0 Å². The van der Waals surface area contributed by atoms with Gasteiger partial charge in [0.05, 0.1) is 17.4 Å². The highest BCUT2D eigenvalue weighted by Crippen LogP contribution is 2.39. The van der Waals surface area contributed by atoms with E-state index in [1.54, 1.807) is 42.9 Å². The highest BCUT2D eigenvalue weighted by atomic mass is 32.1. The molecule has 18 heavy (non-hydrogen) atoms. The predicted molar refractivity (Wildman–Crippen MR) is 66.7 cm³/mol. The fourth-order valence-corrected chi connectivity index (χ4v) is 2.67. The van der Waals surface area contributed by atoms with Gasteiger partial charge in [-0.15, -0.1) is 11.3 Å². The first-order valence-corrected chi connectivity index (χ1v) is 6.02. The van der Waals surface area contributed by atoms with Crippen molar-refractivity contribution in [3.8, 4) is 22.0 Å². The van der Waals surface area contributed by atoms with Crippen LogP contribution in [-0.4, -0.2) is 11.1 Å². The smallest absolute Gasteiger partial charge is 0.345 e. The summed E-state index contributed by atoms with van der Waals surface area (Å²) in [6.07, 6.45) is 3.11. The average Bonchev–Trinajstić information content (AvgIpc) is 3.10. The minimum absolute atomic E-state index is 0.257. The standard InChI is InChI=1S/C13H8O4S/c14-13(15)11-7-8(9-3-1-5-16-9)12(18-11)10-4-2-6-17-10/h1-7H,(H,14,15). The molecule has 0 saturated carbocycles. The lowest BCUT2D eigenvalue weighted by molar-refractivity contribution is 0.0702. The molecule has 3 aromatic heterocycles. The van der Waals surface area contributed by atoms with Crippen molar-refractivity contribution < 1.29 is 18.7 Å². The summed E-state index contributed by atoms with van der Waals surface area (Å²) in [5, 5.41) is 9.07. The Hall–Kier alpha value is -2.27. The second kappa shape index (κ2) is 4.19. The number of hydrogen-bond acceptors (Lipinski definition) is 4. The van der Waals surface area contributed by atoms with Crippen molar-refractivity contribution in [3.63, 3.8) is 0 Å². The predicted octanol–water partition coefficient (Wildman–Crippen LogP) is 3.97. The number of rotatable bonds is 3. The van der Waals surface area contributed by atoms with Crippen LogP contribution >= 0.6 is 11.3 Å². The number of carbonyl (C=O) groups is 1. The van der Waals surface area contributed by atoms with E-state index >= 15 is 0 Å². The van der Waals surface area contributed by atoms with Gasteiger partial charge in [-0.2, -0.15) is 0 Å². The van der Waals surface area contributed by atoms with Gasteiger partial charge in [0.2, 0.25) is 0 Å². The molecule has 0 unspecified atom stereocenters. The summed E-state index contributed by atoms with van der Waals surface area (Å²) in [7, 11) is 0. The van der Waals surface area contributed by atoms with E-state index in [-0.39, 0.29) is 4.88 Å². The Morgan fingerprint density at radius 3 is 2.33 bits per heavy atom. The minimum Gasteiger partial charge on any atom is -0.477 e. The maximum atomic E-state index is 11.1. The number of thiophene rings is 1. The lowest BCUT2D eigenvalue weighted by Crippen LogP contribution is -1.89. The molecule has 0 radical (unpaired) electrons. The number of hydrogen-bond donors (Lipinski definition) is 1. The Morgan fingerprint density at radius 1 is 1.11 bits per heavy atom. The lowest BCUT2D eigenvalue weighted by Gasteiger charge is -1.96. The van der Waals surface area contributed by atoms with Crippen LogP contribution in [0.4, 0.5) is 0 Å². The molecule has 0 aliphatic carbocycles. The molecule has 0 atom stereocenters. The molecule has 0 amide bonds. The second-order valence-electron chi connectivity index (χ2n) is 3.61. The summed E-state index contributed by atoms with van der Waals surface area (Å²) < 4.78 is 10.7. The molecular weight excluding hydrogens is 252 g/mol. The molecule has 3 heterocycles. The maximum Gasteiger partial charge on any atom is 0.345 e. The van der Waals surface area contributed by atoms with Gasteiger partial charge in [0.25, 0.3) is 0 Å². The van der Waals surface area contributed by atoms with Crippen molar-refractivity contribution in [3.05, 3.63) is 47.7 Å². The minimum atomic E-state index is -0.953. The molecule has 1 N–H and O–H groups in total. The molecule has 5 heteroatoms. The van der Waals surface area contributed by atoms with Crippen molar-refractivity contribution in [1.82, 2.24) is 0 Å². The van der Waals surface area contributed by atoms with Gasteiger partial charge in [0, 0.05) is 5.56 Å². The monoisotopic (exact) mass is 260 g/mol. The van der Waals surface area contributed by atoms with Gasteiger partial charge in [-0.25, -0.2) is 4.79 Å². The molecule has 3 rings (SSSR count). The van der Waals surface area contributed by atoms with Gasteiger partial charge in [-0.05, 0) is 30.3 Å². The Bertz CT molecular complexity index is 610. The van der Waals surface area contributed by atoms with Crippen LogP contribution in [0.15, 0.2) is 51.7 Å². The third-order valence-corrected chi connectivity index (χ3v) is 3.61. The quantitative estimate of drug-likeness (QED) is 0.774. The molecule has 3 aromatic rings. The molecule has 0 bridgehead atoms. The third kappa shape index (κ3) is 1.74. The van der Waals surface area contributed by atoms with E-state index in [9.17, 15) is 4.79 Å². The summed E-state index contributed by atoms with van der Waals surface area (Å²) in [4.78, 5) is 12.1. The van der Waals surface area contributed by atoms with Crippen LogP contribution in [0.1, 0.15) is 9.67 Å². The first-order chi connectivity index (χ1) is 8.75. The molecule has 0 aromatic carbocycles. The maximum absolute atomic E-state index is 11.1. The average molecular weight is 260 g/mol. The van der Waals surface area contributed by atoms with Crippen molar-refractivity contribution in [1.29, 1.82) is 0 Å². The van der Waals surface area contributed by atoms with Gasteiger partial charge >= 0.3 is 5.97 Å². The SMILES string of the molecule is O=C(O)c1cc(-c2ccco2)c(-c2ccco2)s1. The van der Waals surface area contributed by atoms with Crippen LogP contribution in [0.2, 0.25) is 0 Å². The zero-order chi connectivity index (χ0) is 12.5. The van der Waals surface area contributed by atoms with Crippen molar-refractivity contribution in [2.75, 3.05) is 0 Å². The first-order valence-electron chi connectivity index (χ1n) is 5.20. The van der Waals surface area contributed by atoms with Gasteiger partial charge < -0.3 is 13.9 Å². The molecule has 0 saturated heterocycles. The van der Waals surface area contributed by atoms with Crippen LogP contribution in [0, 0.1) is 0 Å². The van der Waals surface area contributed by atoms with E-state index in [4.69, 9.17) is 13.9 Å². The summed E-state index contributed by atoms with van der Waals surface area (Å²) in [5.41, 5.74) is 0.734. The summed E-state index contributed by atoms with van der Waals surface area (Å²) in [6, 6.07) is 8.72. The zero-order valence-electron chi connectivity index (χ0n) is 9.12. The third-order valence-electron chi connectivity index (χ3n) is 2.47. The van der Waals surface area contributed by atoms with Crippen molar-refractivity contribution >= 4 is 17.3 Å². The second-order valence-corrected chi connectivity index (χ2v) is 4.67. The topological polar surface area (TPSA) is 63.6 Å². The Balaban J connectivity index is 2.20. The van der Waals surface area contributed by atoms with Crippen LogP contribution in [0.3, 0.4) is 0 Å².